The summed E-state index contributed by atoms with van der Waals surface area (Å²) >= 11 is 1.82. The topological polar surface area (TPSA) is 30.3 Å². The van der Waals surface area contributed by atoms with Crippen molar-refractivity contribution in [3.63, 3.8) is 0 Å². The first-order chi connectivity index (χ1) is 9.28. The Morgan fingerprint density at radius 3 is 3.16 bits per heavy atom. The molecule has 0 aromatic carbocycles. The Balaban J connectivity index is 1.80. The van der Waals surface area contributed by atoms with E-state index in [0.29, 0.717) is 5.92 Å². The van der Waals surface area contributed by atoms with Gasteiger partial charge in [-0.2, -0.15) is 5.10 Å². The smallest absolute Gasteiger partial charge is 0.0558 e. The Labute approximate surface area is 117 Å². The first-order valence-electron chi connectivity index (χ1n) is 6.52. The molecular weight excluding hydrogens is 258 g/mol. The Kier molecular flexibility index (Phi) is 3.68. The molecule has 2 aromatic heterocycles. The lowest BCUT2D eigenvalue weighted by molar-refractivity contribution is 0.133. The number of aryl methyl sites for hydroxylation is 1. The van der Waals surface area contributed by atoms with Gasteiger partial charge >= 0.3 is 0 Å². The zero-order valence-electron chi connectivity index (χ0n) is 11.4. The molecule has 0 N–H and O–H groups in total. The number of methoxy groups -OCH3 is 1. The lowest BCUT2D eigenvalue weighted by Crippen LogP contribution is -2.35. The second-order valence-electron chi connectivity index (χ2n) is 5.08. The minimum atomic E-state index is 0.418. The first kappa shape index (κ1) is 12.8. The van der Waals surface area contributed by atoms with Crippen molar-refractivity contribution < 1.29 is 4.74 Å². The molecule has 0 saturated heterocycles. The maximum absolute atomic E-state index is 5.38. The molecule has 1 aliphatic heterocycles. The molecule has 0 radical (unpaired) electrons. The third-order valence-corrected chi connectivity index (χ3v) is 4.51. The van der Waals surface area contributed by atoms with Crippen molar-refractivity contribution >= 4 is 11.3 Å². The number of rotatable bonds is 4. The van der Waals surface area contributed by atoms with Crippen LogP contribution < -0.4 is 0 Å². The average Bonchev–Trinajstić information content (AvgIpc) is 3.00. The largest absolute Gasteiger partial charge is 0.384 e. The van der Waals surface area contributed by atoms with Crippen molar-refractivity contribution in [1.29, 1.82) is 0 Å². The fourth-order valence-corrected chi connectivity index (χ4v) is 3.67. The predicted molar refractivity (Wildman–Crippen MR) is 76.3 cm³/mol. The van der Waals surface area contributed by atoms with Gasteiger partial charge in [-0.15, -0.1) is 11.3 Å². The van der Waals surface area contributed by atoms with Crippen molar-refractivity contribution in [2.24, 2.45) is 7.05 Å². The van der Waals surface area contributed by atoms with Gasteiger partial charge in [-0.05, 0) is 11.4 Å². The molecule has 5 heteroatoms. The van der Waals surface area contributed by atoms with Gasteiger partial charge in [0.1, 0.15) is 0 Å². The van der Waals surface area contributed by atoms with Gasteiger partial charge in [0.2, 0.25) is 0 Å². The van der Waals surface area contributed by atoms with E-state index in [2.05, 4.69) is 27.5 Å². The van der Waals surface area contributed by atoms with E-state index in [1.54, 1.807) is 7.11 Å². The molecule has 0 bridgehead atoms. The highest BCUT2D eigenvalue weighted by Gasteiger charge is 2.28. The van der Waals surface area contributed by atoms with Crippen LogP contribution in [0.2, 0.25) is 0 Å². The van der Waals surface area contributed by atoms with Crippen LogP contribution >= 0.6 is 11.3 Å². The summed E-state index contributed by atoms with van der Waals surface area (Å²) in [5.74, 6) is 0.418. The van der Waals surface area contributed by atoms with Crippen molar-refractivity contribution in [3.05, 3.63) is 39.8 Å². The summed E-state index contributed by atoms with van der Waals surface area (Å²) in [6.07, 6.45) is 2.00. The second kappa shape index (κ2) is 5.45. The Morgan fingerprint density at radius 1 is 1.53 bits per heavy atom. The third kappa shape index (κ3) is 2.59. The standard InChI is InChI=1S/C14H19N3OS/c1-16-14-11(6-15-16)7-17(8-12(14)10-18-2)9-13-4-3-5-19-13/h3-6,12H,7-10H2,1-2H3. The predicted octanol–water partition coefficient (Wildman–Crippen LogP) is 2.23. The quantitative estimate of drug-likeness (QED) is 0.858. The molecule has 1 unspecified atom stereocenters. The van der Waals surface area contributed by atoms with Crippen LogP contribution in [0, 0.1) is 0 Å². The van der Waals surface area contributed by atoms with E-state index in [4.69, 9.17) is 4.74 Å². The van der Waals surface area contributed by atoms with Gasteiger partial charge in [0, 0.05) is 55.8 Å². The normalized spacial score (nSPS) is 19.6. The lowest BCUT2D eigenvalue weighted by atomic mass is 9.97. The van der Waals surface area contributed by atoms with Crippen LogP contribution in [-0.2, 0) is 24.9 Å². The summed E-state index contributed by atoms with van der Waals surface area (Å²) in [6.45, 7) is 3.80. The van der Waals surface area contributed by atoms with Gasteiger partial charge in [-0.1, -0.05) is 6.07 Å². The van der Waals surface area contributed by atoms with Gasteiger partial charge < -0.3 is 4.74 Å². The monoisotopic (exact) mass is 277 g/mol. The van der Waals surface area contributed by atoms with E-state index in [9.17, 15) is 0 Å². The van der Waals surface area contributed by atoms with E-state index in [-0.39, 0.29) is 0 Å². The maximum atomic E-state index is 5.38. The van der Waals surface area contributed by atoms with Gasteiger partial charge in [-0.25, -0.2) is 0 Å². The summed E-state index contributed by atoms with van der Waals surface area (Å²) in [6, 6.07) is 4.32. The van der Waals surface area contributed by atoms with Crippen LogP contribution in [0.1, 0.15) is 22.1 Å². The molecule has 0 amide bonds. The molecule has 3 heterocycles. The molecule has 0 spiro atoms. The number of thiophene rings is 1. The summed E-state index contributed by atoms with van der Waals surface area (Å²) in [5, 5.41) is 6.54. The minimum absolute atomic E-state index is 0.418. The van der Waals surface area contributed by atoms with Crippen LogP contribution in [0.3, 0.4) is 0 Å². The van der Waals surface area contributed by atoms with Crippen molar-refractivity contribution in [2.45, 2.75) is 19.0 Å². The number of hydrogen-bond acceptors (Lipinski definition) is 4. The summed E-state index contributed by atoms with van der Waals surface area (Å²) in [7, 11) is 3.80. The van der Waals surface area contributed by atoms with E-state index in [1.165, 1.54) is 16.1 Å². The van der Waals surface area contributed by atoms with Crippen molar-refractivity contribution in [1.82, 2.24) is 14.7 Å². The van der Waals surface area contributed by atoms with Crippen LogP contribution in [0.25, 0.3) is 0 Å². The number of fused-ring (bicyclic) bond motifs is 1. The number of hydrogen-bond donors (Lipinski definition) is 0. The second-order valence-corrected chi connectivity index (χ2v) is 6.11. The van der Waals surface area contributed by atoms with Gasteiger partial charge in [-0.3, -0.25) is 9.58 Å². The number of nitrogens with zero attached hydrogens (tertiary/aromatic N) is 3. The van der Waals surface area contributed by atoms with Crippen LogP contribution in [-0.4, -0.2) is 34.9 Å². The first-order valence-corrected chi connectivity index (χ1v) is 7.40. The zero-order valence-corrected chi connectivity index (χ0v) is 12.2. The number of aromatic nitrogens is 2. The van der Waals surface area contributed by atoms with E-state index < -0.39 is 0 Å². The molecule has 19 heavy (non-hydrogen) atoms. The molecule has 102 valence electrons. The van der Waals surface area contributed by atoms with Crippen LogP contribution in [0.4, 0.5) is 0 Å². The van der Waals surface area contributed by atoms with Crippen molar-refractivity contribution in [3.8, 4) is 0 Å². The highest BCUT2D eigenvalue weighted by atomic mass is 32.1. The molecule has 4 nitrogen and oxygen atoms in total. The minimum Gasteiger partial charge on any atom is -0.384 e. The molecule has 0 saturated carbocycles. The summed E-state index contributed by atoms with van der Waals surface area (Å²) in [5.41, 5.74) is 2.68. The fourth-order valence-electron chi connectivity index (χ4n) is 2.92. The molecule has 0 fully saturated rings. The van der Waals surface area contributed by atoms with Crippen LogP contribution in [0.5, 0.6) is 0 Å². The van der Waals surface area contributed by atoms with Crippen molar-refractivity contribution in [2.75, 3.05) is 20.3 Å². The lowest BCUT2D eigenvalue weighted by Gasteiger charge is -2.32. The Hall–Kier alpha value is -1.17. The van der Waals surface area contributed by atoms with E-state index in [1.807, 2.05) is 29.3 Å². The summed E-state index contributed by atoms with van der Waals surface area (Å²) < 4.78 is 7.38. The van der Waals surface area contributed by atoms with E-state index in [0.717, 1.165) is 26.2 Å². The molecule has 2 aromatic rings. The SMILES string of the molecule is COCC1CN(Cc2cccs2)Cc2cnn(C)c21. The zero-order chi connectivity index (χ0) is 13.2. The molecule has 1 aliphatic rings. The Morgan fingerprint density at radius 2 is 2.42 bits per heavy atom. The van der Waals surface area contributed by atoms with Gasteiger partial charge in [0.25, 0.3) is 0 Å². The Bertz CT molecular complexity index is 535. The van der Waals surface area contributed by atoms with Crippen LogP contribution in [0.15, 0.2) is 23.7 Å². The number of ether oxygens (including phenoxy) is 1. The van der Waals surface area contributed by atoms with Gasteiger partial charge in [0.05, 0.1) is 12.8 Å². The fraction of sp³-hybridized carbons (Fsp3) is 0.500. The van der Waals surface area contributed by atoms with Gasteiger partial charge in [0.15, 0.2) is 0 Å². The van der Waals surface area contributed by atoms with E-state index >= 15 is 0 Å². The third-order valence-electron chi connectivity index (χ3n) is 3.65. The maximum Gasteiger partial charge on any atom is 0.0558 e. The highest BCUT2D eigenvalue weighted by Crippen LogP contribution is 2.29. The molecule has 3 rings (SSSR count). The molecule has 0 aliphatic carbocycles. The highest BCUT2D eigenvalue weighted by molar-refractivity contribution is 7.09. The molecular formula is C14H19N3OS. The molecule has 1 atom stereocenters. The summed E-state index contributed by atoms with van der Waals surface area (Å²) in [4.78, 5) is 3.91. The average molecular weight is 277 g/mol.